The summed E-state index contributed by atoms with van der Waals surface area (Å²) in [5, 5.41) is 0.823. The monoisotopic (exact) mass is 155 g/mol. The molecule has 1 aromatic heterocycles. The van der Waals surface area contributed by atoms with Gasteiger partial charge in [0.2, 0.25) is 0 Å². The molecule has 1 aliphatic rings. The first-order valence-corrected chi connectivity index (χ1v) is 3.68. The molecule has 1 aromatic rings. The van der Waals surface area contributed by atoms with Gasteiger partial charge in [-0.1, -0.05) is 0 Å². The standard InChI is InChI=1S/C7H10FN3/c1-6-7-4-11(8)3-2-10(7)5-9-6/h5H,2-4H2,1H3. The maximum absolute atomic E-state index is 12.7. The number of hydrogen-bond donors (Lipinski definition) is 0. The van der Waals surface area contributed by atoms with Gasteiger partial charge in [-0.25, -0.2) is 4.98 Å². The summed E-state index contributed by atoms with van der Waals surface area (Å²) in [6, 6.07) is 0. The summed E-state index contributed by atoms with van der Waals surface area (Å²) in [6.45, 7) is 3.48. The molecule has 2 heterocycles. The zero-order valence-corrected chi connectivity index (χ0v) is 6.42. The molecule has 1 aliphatic heterocycles. The summed E-state index contributed by atoms with van der Waals surface area (Å²) in [4.78, 5) is 4.10. The zero-order valence-electron chi connectivity index (χ0n) is 6.42. The van der Waals surface area contributed by atoms with Crippen molar-refractivity contribution in [2.24, 2.45) is 0 Å². The predicted octanol–water partition coefficient (Wildman–Crippen LogP) is 0.892. The molecule has 0 amide bonds. The molecule has 0 radical (unpaired) electrons. The third-order valence-corrected chi connectivity index (χ3v) is 2.06. The molecule has 0 fully saturated rings. The van der Waals surface area contributed by atoms with Crippen molar-refractivity contribution in [2.75, 3.05) is 6.54 Å². The molecule has 0 atom stereocenters. The minimum atomic E-state index is 0.381. The molecule has 60 valence electrons. The zero-order chi connectivity index (χ0) is 7.84. The van der Waals surface area contributed by atoms with Crippen molar-refractivity contribution in [3.63, 3.8) is 0 Å². The van der Waals surface area contributed by atoms with E-state index in [1.165, 1.54) is 0 Å². The van der Waals surface area contributed by atoms with Crippen LogP contribution in [0.15, 0.2) is 6.33 Å². The highest BCUT2D eigenvalue weighted by Crippen LogP contribution is 2.14. The minimum absolute atomic E-state index is 0.381. The fourth-order valence-electron chi connectivity index (χ4n) is 1.36. The highest BCUT2D eigenvalue weighted by molar-refractivity contribution is 5.12. The maximum atomic E-state index is 12.7. The summed E-state index contributed by atoms with van der Waals surface area (Å²) >= 11 is 0. The molecular weight excluding hydrogens is 145 g/mol. The molecule has 0 N–H and O–H groups in total. The van der Waals surface area contributed by atoms with Crippen LogP contribution in [-0.2, 0) is 13.1 Å². The maximum Gasteiger partial charge on any atom is 0.0952 e. The lowest BCUT2D eigenvalue weighted by atomic mass is 10.3. The van der Waals surface area contributed by atoms with Crippen LogP contribution in [-0.4, -0.2) is 21.2 Å². The number of aryl methyl sites for hydroxylation is 1. The average molecular weight is 155 g/mol. The average Bonchev–Trinajstić information content (AvgIpc) is 2.33. The smallest absolute Gasteiger partial charge is 0.0952 e. The van der Waals surface area contributed by atoms with Gasteiger partial charge in [0, 0.05) is 13.1 Å². The highest BCUT2D eigenvalue weighted by Gasteiger charge is 2.17. The van der Waals surface area contributed by atoms with Crippen molar-refractivity contribution in [2.45, 2.75) is 20.0 Å². The van der Waals surface area contributed by atoms with E-state index >= 15 is 0 Å². The molecule has 0 aromatic carbocycles. The topological polar surface area (TPSA) is 21.1 Å². The summed E-state index contributed by atoms with van der Waals surface area (Å²) < 4.78 is 14.7. The Hall–Kier alpha value is -0.900. The molecule has 0 saturated carbocycles. The lowest BCUT2D eigenvalue weighted by molar-refractivity contribution is -0.00268. The first kappa shape index (κ1) is 6.79. The van der Waals surface area contributed by atoms with E-state index in [1.54, 1.807) is 6.33 Å². The van der Waals surface area contributed by atoms with E-state index in [2.05, 4.69) is 4.98 Å². The van der Waals surface area contributed by atoms with Crippen LogP contribution >= 0.6 is 0 Å². The first-order chi connectivity index (χ1) is 5.27. The predicted molar refractivity (Wildman–Crippen MR) is 38.5 cm³/mol. The molecule has 0 saturated heterocycles. The van der Waals surface area contributed by atoms with Crippen LogP contribution in [0.1, 0.15) is 11.4 Å². The Bertz CT molecular complexity index is 269. The largest absolute Gasteiger partial charge is 0.332 e. The Morgan fingerprint density at radius 1 is 1.55 bits per heavy atom. The number of hydrogen-bond acceptors (Lipinski definition) is 2. The van der Waals surface area contributed by atoms with Crippen LogP contribution in [0.5, 0.6) is 0 Å². The van der Waals surface area contributed by atoms with Crippen molar-refractivity contribution in [3.05, 3.63) is 17.7 Å². The second kappa shape index (κ2) is 2.30. The Labute approximate surface area is 64.4 Å². The van der Waals surface area contributed by atoms with Gasteiger partial charge in [0.25, 0.3) is 0 Å². The van der Waals surface area contributed by atoms with Gasteiger partial charge in [0.15, 0.2) is 0 Å². The lowest BCUT2D eigenvalue weighted by Crippen LogP contribution is -2.27. The number of aromatic nitrogens is 2. The van der Waals surface area contributed by atoms with Crippen LogP contribution in [0.25, 0.3) is 0 Å². The molecule has 0 bridgehead atoms. The molecule has 0 unspecified atom stereocenters. The lowest BCUT2D eigenvalue weighted by Gasteiger charge is -2.20. The van der Waals surface area contributed by atoms with E-state index in [1.807, 2.05) is 11.5 Å². The third-order valence-electron chi connectivity index (χ3n) is 2.06. The number of imidazole rings is 1. The number of fused-ring (bicyclic) bond motifs is 1. The summed E-state index contributed by atoms with van der Waals surface area (Å²) in [5.41, 5.74) is 1.94. The molecular formula is C7H10FN3. The van der Waals surface area contributed by atoms with Crippen molar-refractivity contribution in [3.8, 4) is 0 Å². The fraction of sp³-hybridized carbons (Fsp3) is 0.571. The Morgan fingerprint density at radius 3 is 3.18 bits per heavy atom. The van der Waals surface area contributed by atoms with E-state index in [4.69, 9.17) is 0 Å². The number of rotatable bonds is 0. The molecule has 0 aliphatic carbocycles. The van der Waals surface area contributed by atoms with Crippen LogP contribution in [0.3, 0.4) is 0 Å². The van der Waals surface area contributed by atoms with Gasteiger partial charge in [-0.3, -0.25) is 0 Å². The molecule has 11 heavy (non-hydrogen) atoms. The quantitative estimate of drug-likeness (QED) is 0.519. The summed E-state index contributed by atoms with van der Waals surface area (Å²) in [5.74, 6) is 0. The third kappa shape index (κ3) is 1.03. The minimum Gasteiger partial charge on any atom is -0.332 e. The highest BCUT2D eigenvalue weighted by atomic mass is 19.2. The normalized spacial score (nSPS) is 18.4. The van der Waals surface area contributed by atoms with Crippen LogP contribution in [0, 0.1) is 6.92 Å². The van der Waals surface area contributed by atoms with Gasteiger partial charge >= 0.3 is 0 Å². The van der Waals surface area contributed by atoms with Crippen molar-refractivity contribution in [1.82, 2.24) is 14.7 Å². The van der Waals surface area contributed by atoms with Crippen LogP contribution < -0.4 is 0 Å². The van der Waals surface area contributed by atoms with E-state index in [0.717, 1.165) is 16.5 Å². The van der Waals surface area contributed by atoms with Gasteiger partial charge in [-0.2, -0.15) is 0 Å². The number of nitrogens with zero attached hydrogens (tertiary/aromatic N) is 3. The summed E-state index contributed by atoms with van der Waals surface area (Å²) in [7, 11) is 0. The van der Waals surface area contributed by atoms with Crippen LogP contribution in [0.4, 0.5) is 4.48 Å². The van der Waals surface area contributed by atoms with Crippen molar-refractivity contribution >= 4 is 0 Å². The first-order valence-electron chi connectivity index (χ1n) is 3.68. The van der Waals surface area contributed by atoms with Gasteiger partial charge in [0.1, 0.15) is 0 Å². The molecule has 2 rings (SSSR count). The van der Waals surface area contributed by atoms with E-state index < -0.39 is 0 Å². The Kier molecular flexibility index (Phi) is 1.42. The molecule has 4 heteroatoms. The van der Waals surface area contributed by atoms with Gasteiger partial charge in [-0.05, 0) is 6.92 Å². The Balaban J connectivity index is 2.37. The van der Waals surface area contributed by atoms with E-state index in [9.17, 15) is 4.48 Å². The summed E-state index contributed by atoms with van der Waals surface area (Å²) in [6.07, 6.45) is 1.78. The fourth-order valence-corrected chi connectivity index (χ4v) is 1.36. The molecule has 0 spiro atoms. The van der Waals surface area contributed by atoms with E-state index in [0.29, 0.717) is 19.6 Å². The SMILES string of the molecule is Cc1ncn2c1CN(F)CC2. The van der Waals surface area contributed by atoms with Gasteiger partial charge in [0.05, 0.1) is 24.3 Å². The second-order valence-electron chi connectivity index (χ2n) is 2.81. The van der Waals surface area contributed by atoms with Gasteiger partial charge < -0.3 is 4.57 Å². The Morgan fingerprint density at radius 2 is 2.36 bits per heavy atom. The van der Waals surface area contributed by atoms with Crippen LogP contribution in [0.2, 0.25) is 0 Å². The second-order valence-corrected chi connectivity index (χ2v) is 2.81. The number of halogens is 1. The van der Waals surface area contributed by atoms with Crippen molar-refractivity contribution < 1.29 is 4.48 Å². The van der Waals surface area contributed by atoms with Crippen molar-refractivity contribution in [1.29, 1.82) is 0 Å². The van der Waals surface area contributed by atoms with E-state index in [-0.39, 0.29) is 0 Å². The molecule has 3 nitrogen and oxygen atoms in total. The van der Waals surface area contributed by atoms with Gasteiger partial charge in [-0.15, -0.1) is 9.60 Å².